The smallest absolute Gasteiger partial charge is 0.255 e. The van der Waals surface area contributed by atoms with Crippen molar-refractivity contribution in [1.29, 1.82) is 0 Å². The van der Waals surface area contributed by atoms with Crippen molar-refractivity contribution in [3.8, 4) is 5.75 Å². The molecule has 7 heteroatoms. The van der Waals surface area contributed by atoms with E-state index in [0.29, 0.717) is 29.0 Å². The number of carbonyl (C=O) groups is 1. The number of rotatable bonds is 5. The maximum absolute atomic E-state index is 12.5. The number of amides is 1. The van der Waals surface area contributed by atoms with Gasteiger partial charge in [0.15, 0.2) is 16.8 Å². The highest BCUT2D eigenvalue weighted by molar-refractivity contribution is 7.80. The third kappa shape index (κ3) is 3.57. The van der Waals surface area contributed by atoms with E-state index in [1.54, 1.807) is 42.5 Å². The summed E-state index contributed by atoms with van der Waals surface area (Å²) in [6.07, 6.45) is 0. The second kappa shape index (κ2) is 7.37. The summed E-state index contributed by atoms with van der Waals surface area (Å²) in [7, 11) is 0. The van der Waals surface area contributed by atoms with E-state index in [0.717, 1.165) is 0 Å². The average molecular weight is 368 g/mol. The molecule has 3 aromatic rings. The summed E-state index contributed by atoms with van der Waals surface area (Å²) < 4.78 is 11.0. The Kier molecular flexibility index (Phi) is 4.99. The Hall–Kier alpha value is -3.19. The molecule has 6 nitrogen and oxygen atoms in total. The van der Waals surface area contributed by atoms with Gasteiger partial charge in [-0.3, -0.25) is 9.59 Å². The van der Waals surface area contributed by atoms with Crippen LogP contribution in [-0.2, 0) is 0 Å². The van der Waals surface area contributed by atoms with Crippen molar-refractivity contribution in [2.24, 2.45) is 5.73 Å². The number of hydrogen-bond donors (Lipinski definition) is 2. The first-order valence-corrected chi connectivity index (χ1v) is 8.31. The molecule has 0 saturated carbocycles. The normalized spacial score (nSPS) is 10.5. The largest absolute Gasteiger partial charge is 0.494 e. The molecule has 0 atom stereocenters. The van der Waals surface area contributed by atoms with Crippen molar-refractivity contribution in [2.75, 3.05) is 11.9 Å². The second-order valence-electron chi connectivity index (χ2n) is 5.43. The summed E-state index contributed by atoms with van der Waals surface area (Å²) in [5.41, 5.74) is 6.29. The van der Waals surface area contributed by atoms with Crippen molar-refractivity contribution >= 4 is 39.8 Å². The van der Waals surface area contributed by atoms with Crippen LogP contribution in [-0.4, -0.2) is 17.5 Å². The minimum Gasteiger partial charge on any atom is -0.494 e. The lowest BCUT2D eigenvalue weighted by Crippen LogP contribution is -2.15. The number of hydrogen-bond acceptors (Lipinski definition) is 5. The van der Waals surface area contributed by atoms with Gasteiger partial charge in [-0.25, -0.2) is 0 Å². The van der Waals surface area contributed by atoms with Gasteiger partial charge in [-0.05, 0) is 43.3 Å². The molecule has 0 bridgehead atoms. The summed E-state index contributed by atoms with van der Waals surface area (Å²) in [5.74, 6) is 0.436. The molecule has 3 rings (SSSR count). The van der Waals surface area contributed by atoms with Crippen molar-refractivity contribution < 1.29 is 13.9 Å². The Balaban J connectivity index is 1.96. The Morgan fingerprint density at radius 1 is 1.23 bits per heavy atom. The first-order chi connectivity index (χ1) is 12.5. The van der Waals surface area contributed by atoms with Gasteiger partial charge < -0.3 is 20.2 Å². The fourth-order valence-corrected chi connectivity index (χ4v) is 2.56. The van der Waals surface area contributed by atoms with Crippen LogP contribution < -0.4 is 21.2 Å². The lowest BCUT2D eigenvalue weighted by Gasteiger charge is -2.09. The highest BCUT2D eigenvalue weighted by Crippen LogP contribution is 2.23. The van der Waals surface area contributed by atoms with Crippen LogP contribution in [0.1, 0.15) is 23.0 Å². The third-order valence-corrected chi connectivity index (χ3v) is 3.87. The molecule has 0 radical (unpaired) electrons. The molecule has 0 aliphatic rings. The minimum absolute atomic E-state index is 0.0309. The van der Waals surface area contributed by atoms with E-state index < -0.39 is 0 Å². The van der Waals surface area contributed by atoms with Gasteiger partial charge in [-0.15, -0.1) is 0 Å². The summed E-state index contributed by atoms with van der Waals surface area (Å²) in [6.45, 7) is 2.43. The number of benzene rings is 2. The molecule has 1 heterocycles. The van der Waals surface area contributed by atoms with Gasteiger partial charge >= 0.3 is 0 Å². The molecular formula is C19H16N2O4S. The number of anilines is 1. The van der Waals surface area contributed by atoms with Gasteiger partial charge in [0, 0.05) is 11.6 Å². The van der Waals surface area contributed by atoms with E-state index in [1.807, 2.05) is 6.92 Å². The van der Waals surface area contributed by atoms with Crippen molar-refractivity contribution in [2.45, 2.75) is 6.92 Å². The maximum Gasteiger partial charge on any atom is 0.255 e. The number of fused-ring (bicyclic) bond motifs is 1. The third-order valence-electron chi connectivity index (χ3n) is 3.67. The molecular weight excluding hydrogens is 352 g/mol. The van der Waals surface area contributed by atoms with Crippen LogP contribution >= 0.6 is 12.2 Å². The SMILES string of the molecule is CCOc1ccc(C(=O)Nc2cccc3c(=O)cc(C(N)=S)oc23)cc1. The molecule has 1 amide bonds. The Morgan fingerprint density at radius 3 is 2.62 bits per heavy atom. The van der Waals surface area contributed by atoms with Crippen molar-refractivity contribution in [3.63, 3.8) is 0 Å². The molecule has 0 unspecified atom stereocenters. The average Bonchev–Trinajstić information content (AvgIpc) is 2.63. The minimum atomic E-state index is -0.344. The topological polar surface area (TPSA) is 94.6 Å². The fraction of sp³-hybridized carbons (Fsp3) is 0.105. The molecule has 3 N–H and O–H groups in total. The Labute approximate surface area is 154 Å². The van der Waals surface area contributed by atoms with Gasteiger partial charge in [-0.2, -0.15) is 0 Å². The molecule has 0 saturated heterocycles. The van der Waals surface area contributed by atoms with E-state index in [-0.39, 0.29) is 27.7 Å². The van der Waals surface area contributed by atoms with E-state index in [4.69, 9.17) is 27.1 Å². The van der Waals surface area contributed by atoms with Crippen molar-refractivity contribution in [3.05, 3.63) is 70.1 Å². The van der Waals surface area contributed by atoms with Crippen LogP contribution in [0.25, 0.3) is 11.0 Å². The first-order valence-electron chi connectivity index (χ1n) is 7.90. The molecule has 0 spiro atoms. The predicted octanol–water partition coefficient (Wildman–Crippen LogP) is 3.08. The number of thiocarbonyl (C=S) groups is 1. The maximum atomic E-state index is 12.5. The fourth-order valence-electron chi connectivity index (χ4n) is 2.46. The van der Waals surface area contributed by atoms with Gasteiger partial charge in [0.1, 0.15) is 10.7 Å². The van der Waals surface area contributed by atoms with E-state index in [1.165, 1.54) is 6.07 Å². The van der Waals surface area contributed by atoms with Gasteiger partial charge in [0.2, 0.25) is 0 Å². The monoisotopic (exact) mass is 368 g/mol. The van der Waals surface area contributed by atoms with Crippen LogP contribution in [0.5, 0.6) is 5.75 Å². The summed E-state index contributed by atoms with van der Waals surface area (Å²) in [6, 6.07) is 12.9. The number of nitrogens with two attached hydrogens (primary N) is 1. The Morgan fingerprint density at radius 2 is 1.96 bits per heavy atom. The van der Waals surface area contributed by atoms with E-state index in [9.17, 15) is 9.59 Å². The quantitative estimate of drug-likeness (QED) is 0.672. The van der Waals surface area contributed by atoms with Gasteiger partial charge in [-0.1, -0.05) is 18.3 Å². The van der Waals surface area contributed by atoms with E-state index in [2.05, 4.69) is 5.32 Å². The highest BCUT2D eigenvalue weighted by atomic mass is 32.1. The lowest BCUT2D eigenvalue weighted by atomic mass is 10.1. The number of carbonyl (C=O) groups excluding carboxylic acids is 1. The zero-order valence-corrected chi connectivity index (χ0v) is 14.8. The second-order valence-corrected chi connectivity index (χ2v) is 5.87. The zero-order valence-electron chi connectivity index (χ0n) is 13.9. The predicted molar refractivity (Wildman–Crippen MR) is 104 cm³/mol. The number of para-hydroxylation sites is 1. The molecule has 0 aliphatic heterocycles. The van der Waals surface area contributed by atoms with Crippen LogP contribution in [0.4, 0.5) is 5.69 Å². The first kappa shape index (κ1) is 17.6. The highest BCUT2D eigenvalue weighted by Gasteiger charge is 2.13. The summed E-state index contributed by atoms with van der Waals surface area (Å²) >= 11 is 4.87. The van der Waals surface area contributed by atoms with Gasteiger partial charge in [0.25, 0.3) is 5.91 Å². The van der Waals surface area contributed by atoms with Crippen LogP contribution in [0.15, 0.2) is 57.7 Å². The molecule has 0 aliphatic carbocycles. The standard InChI is InChI=1S/C19H16N2O4S/c1-2-24-12-8-6-11(7-9-12)19(23)21-14-5-3-4-13-15(22)10-16(18(20)26)25-17(13)14/h3-10H,2H2,1H3,(H2,20,26)(H,21,23). The molecule has 26 heavy (non-hydrogen) atoms. The number of ether oxygens (including phenoxy) is 1. The summed E-state index contributed by atoms with van der Waals surface area (Å²) in [4.78, 5) is 24.7. The zero-order chi connectivity index (χ0) is 18.7. The molecule has 132 valence electrons. The van der Waals surface area contributed by atoms with Crippen LogP contribution in [0.2, 0.25) is 0 Å². The molecule has 2 aromatic carbocycles. The Bertz CT molecular complexity index is 1040. The van der Waals surface area contributed by atoms with Crippen molar-refractivity contribution in [1.82, 2.24) is 0 Å². The number of nitrogens with one attached hydrogen (secondary N) is 1. The summed E-state index contributed by atoms with van der Waals surface area (Å²) in [5, 5.41) is 3.08. The molecule has 1 aromatic heterocycles. The lowest BCUT2D eigenvalue weighted by molar-refractivity contribution is 0.102. The van der Waals surface area contributed by atoms with Gasteiger partial charge in [0.05, 0.1) is 17.7 Å². The molecule has 0 fully saturated rings. The van der Waals surface area contributed by atoms with Crippen LogP contribution in [0.3, 0.4) is 0 Å². The van der Waals surface area contributed by atoms with E-state index >= 15 is 0 Å². The van der Waals surface area contributed by atoms with Crippen LogP contribution in [0, 0.1) is 0 Å².